The van der Waals surface area contributed by atoms with E-state index in [0.29, 0.717) is 22.3 Å². The molecule has 3 saturated carbocycles. The summed E-state index contributed by atoms with van der Waals surface area (Å²) < 4.78 is 12.3. The van der Waals surface area contributed by atoms with Gasteiger partial charge in [-0.15, -0.1) is 5.10 Å². The largest absolute Gasteiger partial charge is 0.468 e. The summed E-state index contributed by atoms with van der Waals surface area (Å²) in [6.45, 7) is 12.3. The topological polar surface area (TPSA) is 70.3 Å². The number of rotatable bonds is 5. The molecule has 21 heavy (non-hydrogen) atoms. The van der Waals surface area contributed by atoms with Gasteiger partial charge in [0.05, 0.1) is 12.2 Å². The van der Waals surface area contributed by atoms with Crippen LogP contribution in [-0.4, -0.2) is 30.7 Å². The molecule has 0 aliphatic heterocycles. The standard InChI is InChI=1S/C14H25N3O2SSi/c1-12(2,3)21(4,5)19-14-6-13(7-14,8-14)9-18-11-17-16-10(15)20-11/h6-9H2,1-5H3,(H2,15,16). The highest BCUT2D eigenvalue weighted by molar-refractivity contribution is 7.16. The molecule has 2 bridgehead atoms. The molecular formula is C14H25N3O2SSi. The predicted molar refractivity (Wildman–Crippen MR) is 87.1 cm³/mol. The third kappa shape index (κ3) is 2.59. The van der Waals surface area contributed by atoms with Gasteiger partial charge in [0.1, 0.15) is 0 Å². The Hall–Kier alpha value is -0.663. The van der Waals surface area contributed by atoms with E-state index >= 15 is 0 Å². The summed E-state index contributed by atoms with van der Waals surface area (Å²) in [5.74, 6) is 0. The van der Waals surface area contributed by atoms with Crippen molar-refractivity contribution in [2.75, 3.05) is 12.3 Å². The fraction of sp³-hybridized carbons (Fsp3) is 0.857. The molecule has 0 aromatic carbocycles. The average Bonchev–Trinajstić information content (AvgIpc) is 2.64. The van der Waals surface area contributed by atoms with E-state index in [9.17, 15) is 0 Å². The summed E-state index contributed by atoms with van der Waals surface area (Å²) in [5.41, 5.74) is 6.01. The fourth-order valence-electron chi connectivity index (χ4n) is 3.34. The number of ether oxygens (including phenoxy) is 1. The number of anilines is 1. The fourth-order valence-corrected chi connectivity index (χ4v) is 5.41. The van der Waals surface area contributed by atoms with Gasteiger partial charge in [-0.25, -0.2) is 0 Å². The summed E-state index contributed by atoms with van der Waals surface area (Å²) in [6.07, 6.45) is 3.38. The first-order chi connectivity index (χ1) is 9.55. The molecule has 3 fully saturated rings. The molecular weight excluding hydrogens is 302 g/mol. The lowest BCUT2D eigenvalue weighted by Crippen LogP contribution is -2.73. The quantitative estimate of drug-likeness (QED) is 0.839. The molecule has 4 rings (SSSR count). The van der Waals surface area contributed by atoms with Crippen molar-refractivity contribution in [1.82, 2.24) is 10.2 Å². The lowest BCUT2D eigenvalue weighted by Gasteiger charge is -2.71. The monoisotopic (exact) mass is 327 g/mol. The van der Waals surface area contributed by atoms with Crippen LogP contribution in [0.25, 0.3) is 0 Å². The lowest BCUT2D eigenvalue weighted by atomic mass is 9.41. The van der Waals surface area contributed by atoms with Crippen LogP contribution in [0, 0.1) is 5.41 Å². The highest BCUT2D eigenvalue weighted by Crippen LogP contribution is 2.70. The van der Waals surface area contributed by atoms with Crippen LogP contribution in [0.1, 0.15) is 40.0 Å². The molecule has 1 aromatic heterocycles. The van der Waals surface area contributed by atoms with Crippen LogP contribution < -0.4 is 10.5 Å². The zero-order valence-electron chi connectivity index (χ0n) is 13.5. The first kappa shape index (κ1) is 15.2. The van der Waals surface area contributed by atoms with Gasteiger partial charge in [-0.3, -0.25) is 0 Å². The molecule has 0 amide bonds. The van der Waals surface area contributed by atoms with Gasteiger partial charge < -0.3 is 14.9 Å². The van der Waals surface area contributed by atoms with E-state index in [-0.39, 0.29) is 10.6 Å². The Morgan fingerprint density at radius 1 is 1.24 bits per heavy atom. The van der Waals surface area contributed by atoms with Crippen molar-refractivity contribution in [2.24, 2.45) is 5.41 Å². The minimum absolute atomic E-state index is 0.145. The molecule has 1 heterocycles. The third-order valence-corrected chi connectivity index (χ3v) is 10.5. The van der Waals surface area contributed by atoms with Crippen LogP contribution in [0.3, 0.4) is 0 Å². The molecule has 0 saturated heterocycles. The zero-order chi connectivity index (χ0) is 15.5. The maximum atomic E-state index is 6.61. The minimum Gasteiger partial charge on any atom is -0.468 e. The number of nitrogen functional groups attached to an aromatic ring is 1. The van der Waals surface area contributed by atoms with Crippen molar-refractivity contribution in [3.8, 4) is 5.19 Å². The van der Waals surface area contributed by atoms with Crippen LogP contribution in [0.2, 0.25) is 18.1 Å². The maximum absolute atomic E-state index is 6.61. The van der Waals surface area contributed by atoms with Crippen molar-refractivity contribution >= 4 is 24.8 Å². The SMILES string of the molecule is CC(C)(C)[Si](C)(C)OC12CC(COc3nnc(N)s3)(C1)C2. The number of hydrogen-bond acceptors (Lipinski definition) is 6. The second-order valence-corrected chi connectivity index (χ2v) is 14.0. The van der Waals surface area contributed by atoms with Crippen LogP contribution in [-0.2, 0) is 4.43 Å². The van der Waals surface area contributed by atoms with Gasteiger partial charge >= 0.3 is 0 Å². The Balaban J connectivity index is 1.51. The van der Waals surface area contributed by atoms with Gasteiger partial charge in [-0.1, -0.05) is 25.9 Å². The summed E-state index contributed by atoms with van der Waals surface area (Å²) in [5, 5.41) is 8.98. The minimum atomic E-state index is -1.67. The Bertz CT molecular complexity index is 533. The molecule has 118 valence electrons. The van der Waals surface area contributed by atoms with E-state index in [1.54, 1.807) is 0 Å². The van der Waals surface area contributed by atoms with Gasteiger partial charge in [0.25, 0.3) is 5.19 Å². The molecule has 1 aromatic rings. The number of aromatic nitrogens is 2. The molecule has 0 radical (unpaired) electrons. The molecule has 0 unspecified atom stereocenters. The second kappa shape index (κ2) is 4.42. The van der Waals surface area contributed by atoms with Crippen molar-refractivity contribution in [3.05, 3.63) is 0 Å². The molecule has 3 aliphatic carbocycles. The lowest BCUT2D eigenvalue weighted by molar-refractivity contribution is -0.259. The normalized spacial score (nSPS) is 31.5. The Kier molecular flexibility index (Phi) is 3.21. The molecule has 0 spiro atoms. The van der Waals surface area contributed by atoms with Crippen LogP contribution in [0.15, 0.2) is 0 Å². The van der Waals surface area contributed by atoms with Gasteiger partial charge in [0.15, 0.2) is 8.32 Å². The van der Waals surface area contributed by atoms with Crippen molar-refractivity contribution < 1.29 is 9.16 Å². The van der Waals surface area contributed by atoms with Crippen LogP contribution >= 0.6 is 11.3 Å². The molecule has 0 atom stereocenters. The highest BCUT2D eigenvalue weighted by atomic mass is 32.1. The van der Waals surface area contributed by atoms with E-state index in [4.69, 9.17) is 14.9 Å². The second-order valence-electron chi connectivity index (χ2n) is 8.27. The number of nitrogens with two attached hydrogens (primary N) is 1. The molecule has 5 nitrogen and oxygen atoms in total. The Morgan fingerprint density at radius 3 is 2.33 bits per heavy atom. The van der Waals surface area contributed by atoms with E-state index in [1.165, 1.54) is 11.3 Å². The van der Waals surface area contributed by atoms with Crippen molar-refractivity contribution in [3.63, 3.8) is 0 Å². The van der Waals surface area contributed by atoms with Gasteiger partial charge in [0, 0.05) is 5.41 Å². The van der Waals surface area contributed by atoms with E-state index in [2.05, 4.69) is 44.1 Å². The van der Waals surface area contributed by atoms with Crippen molar-refractivity contribution in [1.29, 1.82) is 0 Å². The van der Waals surface area contributed by atoms with Crippen LogP contribution in [0.4, 0.5) is 5.13 Å². The smallest absolute Gasteiger partial charge is 0.295 e. The number of hydrogen-bond donors (Lipinski definition) is 1. The Morgan fingerprint density at radius 2 is 1.86 bits per heavy atom. The van der Waals surface area contributed by atoms with Gasteiger partial charge in [-0.2, -0.15) is 0 Å². The molecule has 3 aliphatic rings. The maximum Gasteiger partial charge on any atom is 0.295 e. The first-order valence-electron chi connectivity index (χ1n) is 7.47. The van der Waals surface area contributed by atoms with Crippen LogP contribution in [0.5, 0.6) is 5.19 Å². The summed E-state index contributed by atoms with van der Waals surface area (Å²) >= 11 is 1.30. The van der Waals surface area contributed by atoms with E-state index in [1.807, 2.05) is 0 Å². The first-order valence-corrected chi connectivity index (χ1v) is 11.2. The van der Waals surface area contributed by atoms with Gasteiger partial charge in [0.2, 0.25) is 5.13 Å². The summed E-state index contributed by atoms with van der Waals surface area (Å²) in [7, 11) is -1.67. The summed E-state index contributed by atoms with van der Waals surface area (Å²) in [6, 6.07) is 0. The average molecular weight is 328 g/mol. The van der Waals surface area contributed by atoms with Crippen molar-refractivity contribution in [2.45, 2.75) is 63.8 Å². The zero-order valence-corrected chi connectivity index (χ0v) is 15.3. The molecule has 2 N–H and O–H groups in total. The summed E-state index contributed by atoms with van der Waals surface area (Å²) in [4.78, 5) is 0. The highest BCUT2D eigenvalue weighted by Gasteiger charge is 2.70. The molecule has 7 heteroatoms. The predicted octanol–water partition coefficient (Wildman–Crippen LogP) is 3.44. The third-order valence-electron chi connectivity index (χ3n) is 5.29. The number of nitrogens with zero attached hydrogens (tertiary/aromatic N) is 2. The van der Waals surface area contributed by atoms with E-state index < -0.39 is 8.32 Å². The van der Waals surface area contributed by atoms with Gasteiger partial charge in [-0.05, 0) is 48.7 Å². The Labute approximate surface area is 131 Å². The van der Waals surface area contributed by atoms with E-state index in [0.717, 1.165) is 19.3 Å².